The second-order valence-corrected chi connectivity index (χ2v) is 5.89. The summed E-state index contributed by atoms with van der Waals surface area (Å²) in [5.74, 6) is -3.53. The first kappa shape index (κ1) is 18.7. The molecule has 0 bridgehead atoms. The van der Waals surface area contributed by atoms with Gasteiger partial charge in [-0.2, -0.15) is 8.78 Å². The Morgan fingerprint density at radius 3 is 2.44 bits per heavy atom. The van der Waals surface area contributed by atoms with Gasteiger partial charge in [-0.1, -0.05) is 23.9 Å². The number of hydrogen-bond acceptors (Lipinski definition) is 5. The Morgan fingerprint density at radius 2 is 1.80 bits per heavy atom. The SMILES string of the molecule is CNC(=O)COC(=O)c1ccccc1Nc1ccc(SC(F)F)cc1. The average Bonchev–Trinajstić information content (AvgIpc) is 2.61. The molecule has 0 unspecified atom stereocenters. The maximum Gasteiger partial charge on any atom is 0.340 e. The standard InChI is InChI=1S/C17H16F2N2O3S/c1-20-15(22)10-24-16(23)13-4-2-3-5-14(13)21-11-6-8-12(9-7-11)25-17(18)19/h2-9,17,21H,10H2,1H3,(H,20,22). The minimum atomic E-state index is -2.48. The molecule has 8 heteroatoms. The number of rotatable bonds is 7. The second kappa shape index (κ2) is 9.03. The summed E-state index contributed by atoms with van der Waals surface area (Å²) in [5, 5.41) is 5.40. The molecular formula is C17H16F2N2O3S. The number of carbonyl (C=O) groups excluding carboxylic acids is 2. The van der Waals surface area contributed by atoms with Crippen molar-refractivity contribution in [1.29, 1.82) is 0 Å². The lowest BCUT2D eigenvalue weighted by atomic mass is 10.1. The molecule has 0 saturated heterocycles. The van der Waals surface area contributed by atoms with Crippen LogP contribution in [0.5, 0.6) is 0 Å². The molecule has 0 fully saturated rings. The molecule has 132 valence electrons. The van der Waals surface area contributed by atoms with Crippen molar-refractivity contribution in [3.8, 4) is 0 Å². The molecule has 2 aromatic carbocycles. The van der Waals surface area contributed by atoms with Crippen molar-refractivity contribution in [2.45, 2.75) is 10.7 Å². The number of amides is 1. The zero-order chi connectivity index (χ0) is 18.2. The average molecular weight is 366 g/mol. The normalized spacial score (nSPS) is 10.4. The molecule has 0 saturated carbocycles. The minimum absolute atomic E-state index is 0.262. The van der Waals surface area contributed by atoms with Crippen molar-refractivity contribution in [2.75, 3.05) is 19.0 Å². The predicted molar refractivity (Wildman–Crippen MR) is 92.4 cm³/mol. The summed E-state index contributed by atoms with van der Waals surface area (Å²) in [4.78, 5) is 23.7. The van der Waals surface area contributed by atoms with Gasteiger partial charge < -0.3 is 15.4 Å². The van der Waals surface area contributed by atoms with E-state index in [0.29, 0.717) is 28.0 Å². The molecule has 0 aliphatic carbocycles. The monoisotopic (exact) mass is 366 g/mol. The van der Waals surface area contributed by atoms with Gasteiger partial charge in [-0.05, 0) is 36.4 Å². The summed E-state index contributed by atoms with van der Waals surface area (Å²) in [6.07, 6.45) is 0. The maximum atomic E-state index is 12.3. The van der Waals surface area contributed by atoms with E-state index in [1.165, 1.54) is 7.05 Å². The molecule has 0 aromatic heterocycles. The molecule has 0 atom stereocenters. The molecule has 0 heterocycles. The molecular weight excluding hydrogens is 350 g/mol. The van der Waals surface area contributed by atoms with Crippen molar-refractivity contribution in [1.82, 2.24) is 5.32 Å². The van der Waals surface area contributed by atoms with Gasteiger partial charge in [0, 0.05) is 17.6 Å². The van der Waals surface area contributed by atoms with Gasteiger partial charge in [-0.15, -0.1) is 0 Å². The van der Waals surface area contributed by atoms with Gasteiger partial charge in [0.15, 0.2) is 6.61 Å². The minimum Gasteiger partial charge on any atom is -0.452 e. The Kier molecular flexibility index (Phi) is 6.76. The number of halogens is 2. The number of esters is 1. The highest BCUT2D eigenvalue weighted by molar-refractivity contribution is 7.99. The van der Waals surface area contributed by atoms with Gasteiger partial charge in [0.2, 0.25) is 0 Å². The van der Waals surface area contributed by atoms with E-state index in [1.54, 1.807) is 48.5 Å². The lowest BCUT2D eigenvalue weighted by molar-refractivity contribution is -0.123. The lowest BCUT2D eigenvalue weighted by Crippen LogP contribution is -2.25. The number of ether oxygens (including phenoxy) is 1. The number of nitrogens with one attached hydrogen (secondary N) is 2. The van der Waals surface area contributed by atoms with E-state index in [0.717, 1.165) is 0 Å². The van der Waals surface area contributed by atoms with Crippen LogP contribution >= 0.6 is 11.8 Å². The Labute approximate surface area is 147 Å². The van der Waals surface area contributed by atoms with Crippen LogP contribution in [0.15, 0.2) is 53.4 Å². The number of hydrogen-bond donors (Lipinski definition) is 2. The van der Waals surface area contributed by atoms with Crippen molar-refractivity contribution in [3.05, 3.63) is 54.1 Å². The van der Waals surface area contributed by atoms with Crippen LogP contribution in [0.1, 0.15) is 10.4 Å². The lowest BCUT2D eigenvalue weighted by Gasteiger charge is -2.12. The number of thioether (sulfide) groups is 1. The van der Waals surface area contributed by atoms with Crippen LogP contribution in [0.4, 0.5) is 20.2 Å². The number of anilines is 2. The highest BCUT2D eigenvalue weighted by Gasteiger charge is 2.14. The Bertz CT molecular complexity index is 739. The van der Waals surface area contributed by atoms with Gasteiger partial charge in [-0.25, -0.2) is 4.79 Å². The maximum absolute atomic E-state index is 12.3. The number of benzene rings is 2. The number of alkyl halides is 2. The van der Waals surface area contributed by atoms with Crippen LogP contribution in [-0.2, 0) is 9.53 Å². The van der Waals surface area contributed by atoms with Gasteiger partial charge in [-0.3, -0.25) is 4.79 Å². The summed E-state index contributed by atoms with van der Waals surface area (Å²) >= 11 is 0.460. The third kappa shape index (κ3) is 5.75. The first-order valence-electron chi connectivity index (χ1n) is 7.28. The number of likely N-dealkylation sites (N-methyl/N-ethyl adjacent to an activating group) is 1. The third-order valence-corrected chi connectivity index (χ3v) is 3.84. The van der Waals surface area contributed by atoms with Crippen LogP contribution in [0.2, 0.25) is 0 Å². The van der Waals surface area contributed by atoms with E-state index < -0.39 is 17.6 Å². The highest BCUT2D eigenvalue weighted by Crippen LogP contribution is 2.28. The summed E-state index contributed by atoms with van der Waals surface area (Å²) < 4.78 is 29.6. The van der Waals surface area contributed by atoms with E-state index in [2.05, 4.69) is 10.6 Å². The molecule has 25 heavy (non-hydrogen) atoms. The fraction of sp³-hybridized carbons (Fsp3) is 0.176. The van der Waals surface area contributed by atoms with E-state index in [9.17, 15) is 18.4 Å². The van der Waals surface area contributed by atoms with Crippen LogP contribution in [0.25, 0.3) is 0 Å². The van der Waals surface area contributed by atoms with Crippen molar-refractivity contribution in [3.63, 3.8) is 0 Å². The summed E-state index contributed by atoms with van der Waals surface area (Å²) in [6.45, 7) is -0.372. The Morgan fingerprint density at radius 1 is 1.12 bits per heavy atom. The number of carbonyl (C=O) groups is 2. The van der Waals surface area contributed by atoms with Crippen LogP contribution in [-0.4, -0.2) is 31.3 Å². The van der Waals surface area contributed by atoms with Gasteiger partial charge in [0.1, 0.15) is 0 Å². The molecule has 0 spiro atoms. The van der Waals surface area contributed by atoms with E-state index >= 15 is 0 Å². The van der Waals surface area contributed by atoms with Crippen molar-refractivity contribution >= 4 is 35.0 Å². The molecule has 5 nitrogen and oxygen atoms in total. The summed E-state index contributed by atoms with van der Waals surface area (Å²) in [6, 6.07) is 13.0. The van der Waals surface area contributed by atoms with E-state index in [1.807, 2.05) is 0 Å². The van der Waals surface area contributed by atoms with Crippen LogP contribution in [0.3, 0.4) is 0 Å². The summed E-state index contributed by atoms with van der Waals surface area (Å²) in [5.41, 5.74) is 1.38. The van der Waals surface area contributed by atoms with E-state index in [-0.39, 0.29) is 12.2 Å². The summed E-state index contributed by atoms with van der Waals surface area (Å²) in [7, 11) is 1.45. The largest absolute Gasteiger partial charge is 0.452 e. The van der Waals surface area contributed by atoms with Gasteiger partial charge in [0.05, 0.1) is 11.3 Å². The third-order valence-electron chi connectivity index (χ3n) is 3.12. The second-order valence-electron chi connectivity index (χ2n) is 4.82. The molecule has 0 radical (unpaired) electrons. The van der Waals surface area contributed by atoms with Crippen LogP contribution in [0, 0.1) is 0 Å². The Hall–Kier alpha value is -2.61. The smallest absolute Gasteiger partial charge is 0.340 e. The molecule has 1 amide bonds. The zero-order valence-electron chi connectivity index (χ0n) is 13.3. The first-order valence-corrected chi connectivity index (χ1v) is 8.16. The van der Waals surface area contributed by atoms with Gasteiger partial charge in [0.25, 0.3) is 11.7 Å². The van der Waals surface area contributed by atoms with Crippen LogP contribution < -0.4 is 10.6 Å². The molecule has 0 aliphatic heterocycles. The van der Waals surface area contributed by atoms with Crippen molar-refractivity contribution < 1.29 is 23.1 Å². The van der Waals surface area contributed by atoms with E-state index in [4.69, 9.17) is 4.74 Å². The van der Waals surface area contributed by atoms with Crippen molar-refractivity contribution in [2.24, 2.45) is 0 Å². The highest BCUT2D eigenvalue weighted by atomic mass is 32.2. The quantitative estimate of drug-likeness (QED) is 0.578. The first-order chi connectivity index (χ1) is 12.0. The fourth-order valence-corrected chi connectivity index (χ4v) is 2.43. The molecule has 0 aliphatic rings. The fourth-order valence-electron chi connectivity index (χ4n) is 1.93. The Balaban J connectivity index is 2.09. The zero-order valence-corrected chi connectivity index (χ0v) is 14.1. The van der Waals surface area contributed by atoms with Gasteiger partial charge >= 0.3 is 5.97 Å². The number of para-hydroxylation sites is 1. The topological polar surface area (TPSA) is 67.4 Å². The molecule has 2 N–H and O–H groups in total. The molecule has 2 aromatic rings. The molecule has 2 rings (SSSR count). The predicted octanol–water partition coefficient (Wildman–Crippen LogP) is 3.65.